The van der Waals surface area contributed by atoms with Gasteiger partial charge in [-0.05, 0) is 57.5 Å². The van der Waals surface area contributed by atoms with Crippen molar-refractivity contribution in [2.24, 2.45) is 18.9 Å². The highest BCUT2D eigenvalue weighted by Crippen LogP contribution is 2.46. The summed E-state index contributed by atoms with van der Waals surface area (Å²) in [6, 6.07) is 6.37. The Morgan fingerprint density at radius 2 is 1.65 bits per heavy atom. The molecule has 3 unspecified atom stereocenters. The molecule has 57 heavy (non-hydrogen) atoms. The maximum Gasteiger partial charge on any atom is 0.435 e. The minimum Gasteiger partial charge on any atom is -0.761 e. The van der Waals surface area contributed by atoms with E-state index in [1.165, 1.54) is 41.9 Å². The second-order valence-electron chi connectivity index (χ2n) is 15.1. The fourth-order valence-corrected chi connectivity index (χ4v) is 7.34. The fraction of sp³-hybridized carbons (Fsp3) is 0.417. The third-order valence-electron chi connectivity index (χ3n) is 9.97. The molecule has 5 heterocycles. The van der Waals surface area contributed by atoms with E-state index in [1.54, 1.807) is 36.1 Å². The van der Waals surface area contributed by atoms with Crippen molar-refractivity contribution in [1.29, 1.82) is 0 Å². The van der Waals surface area contributed by atoms with E-state index in [0.29, 0.717) is 32.6 Å². The van der Waals surface area contributed by atoms with Crippen LogP contribution >= 0.6 is 11.6 Å². The van der Waals surface area contributed by atoms with E-state index in [1.807, 2.05) is 0 Å². The summed E-state index contributed by atoms with van der Waals surface area (Å²) >= 11 is 6.46. The van der Waals surface area contributed by atoms with E-state index in [0.717, 1.165) is 23.3 Å². The van der Waals surface area contributed by atoms with Gasteiger partial charge in [0.15, 0.2) is 17.3 Å². The molecule has 7 rings (SSSR count). The maximum atomic E-state index is 14.1. The highest BCUT2D eigenvalue weighted by Gasteiger charge is 2.57. The van der Waals surface area contributed by atoms with Crippen LogP contribution in [0.1, 0.15) is 53.9 Å². The first kappa shape index (κ1) is 39.3. The average Bonchev–Trinajstić information content (AvgIpc) is 3.75. The molecule has 4 aromatic rings. The minimum atomic E-state index is -4.87. The largest absolute Gasteiger partial charge is 0.761 e. The Hall–Kier alpha value is -5.89. The Morgan fingerprint density at radius 3 is 2.28 bits per heavy atom. The molecule has 0 radical (unpaired) electrons. The summed E-state index contributed by atoms with van der Waals surface area (Å²) in [4.78, 5) is 63.1. The molecule has 2 aliphatic heterocycles. The van der Waals surface area contributed by atoms with Gasteiger partial charge in [0.2, 0.25) is 0 Å². The van der Waals surface area contributed by atoms with E-state index in [9.17, 15) is 37.6 Å². The number of carbonyl (C=O) groups excluding carboxylic acids is 4. The Bertz CT molecular complexity index is 2210. The smallest absolute Gasteiger partial charge is 0.435 e. The first-order valence-electron chi connectivity index (χ1n) is 17.9. The van der Waals surface area contributed by atoms with Crippen molar-refractivity contribution < 1.29 is 37.1 Å². The molecule has 3 aromatic heterocycles. The number of nitrogens with zero attached hydrogens (tertiary/aromatic N) is 7. The van der Waals surface area contributed by atoms with Gasteiger partial charge in [-0.1, -0.05) is 11.6 Å². The number of hydrogen-bond donors (Lipinski definition) is 4. The number of piperidine rings is 1. The van der Waals surface area contributed by atoms with Gasteiger partial charge < -0.3 is 45.7 Å². The number of pyridine rings is 1. The van der Waals surface area contributed by atoms with Gasteiger partial charge in [-0.2, -0.15) is 18.3 Å². The van der Waals surface area contributed by atoms with Crippen molar-refractivity contribution in [3.05, 3.63) is 76.2 Å². The number of urea groups is 1. The predicted octanol–water partition coefficient (Wildman–Crippen LogP) is 4.88. The molecule has 2 saturated heterocycles. The molecule has 1 aliphatic carbocycles. The number of rotatable bonds is 8. The van der Waals surface area contributed by atoms with E-state index >= 15 is 0 Å². The summed E-state index contributed by atoms with van der Waals surface area (Å²) in [5.74, 6) is -1.23. The second kappa shape index (κ2) is 14.9. The average molecular weight is 813 g/mol. The van der Waals surface area contributed by atoms with Crippen LogP contribution in [0.15, 0.2) is 48.9 Å². The van der Waals surface area contributed by atoms with Crippen LogP contribution in [0.2, 0.25) is 5.02 Å². The third kappa shape index (κ3) is 8.31. The molecule has 1 saturated carbocycles. The number of hydrogen-bond acceptors (Lipinski definition) is 10. The summed E-state index contributed by atoms with van der Waals surface area (Å²) < 4.78 is 49.7. The van der Waals surface area contributed by atoms with Gasteiger partial charge in [0, 0.05) is 74.7 Å². The Balaban J connectivity index is 0.927. The SMILES string of the molecule is Cn1c(-c2cn(-c3ccc(N[O-])cn3)nc2C(F)(F)F)cnc1C(=O)Nc1ccc(C(=O)NC2C3CN(C(=O)NC4CCN(C(=O)OC(C)(C)C)C4)CC32)c(Cl)c1. The number of benzene rings is 1. The molecule has 5 amide bonds. The zero-order chi connectivity index (χ0) is 41.0. The van der Waals surface area contributed by atoms with Crippen molar-refractivity contribution in [3.63, 3.8) is 0 Å². The quantitative estimate of drug-likeness (QED) is 0.178. The van der Waals surface area contributed by atoms with E-state index in [2.05, 4.69) is 31.0 Å². The number of anilines is 2. The number of fused-ring (bicyclic) bond motifs is 1. The van der Waals surface area contributed by atoms with Crippen molar-refractivity contribution >= 4 is 46.9 Å². The number of aromatic nitrogens is 5. The maximum absolute atomic E-state index is 14.1. The predicted molar refractivity (Wildman–Crippen MR) is 200 cm³/mol. The number of ether oxygens (including phenoxy) is 1. The standard InChI is InChI=1S/C36H38ClF3N11O6/c1-35(2,3)57-34(55)49-10-9-20(14-49)44-33(54)50-15-22-23(16-50)28(22)45-31(52)21-7-5-18(11-25(21)37)43-32(53)30-42-13-26(48(30)4)24-17-51(46-29(24)36(38,39)40)27-8-6-19(47-56)12-41-27/h5-8,11-13,17,20,22-23,28,47H,9-10,14-16H2,1-4H3,(H,43,53)(H,44,54)(H,45,52)/q-1. The zero-order valence-corrected chi connectivity index (χ0v) is 31.8. The Morgan fingerprint density at radius 1 is 0.930 bits per heavy atom. The molecular weight excluding hydrogens is 775 g/mol. The first-order chi connectivity index (χ1) is 26.9. The van der Waals surface area contributed by atoms with Crippen molar-refractivity contribution in [2.45, 2.75) is 51.1 Å². The number of nitrogens with one attached hydrogen (secondary N) is 4. The number of likely N-dealkylation sites (tertiary alicyclic amines) is 2. The van der Waals surface area contributed by atoms with Crippen molar-refractivity contribution in [1.82, 2.24) is 44.7 Å². The molecule has 1 aromatic carbocycles. The molecule has 3 atom stereocenters. The number of alkyl halides is 3. The summed E-state index contributed by atoms with van der Waals surface area (Å²) in [6.45, 7) is 7.18. The Kier molecular flexibility index (Phi) is 10.3. The van der Waals surface area contributed by atoms with Crippen LogP contribution in [0.5, 0.6) is 0 Å². The minimum absolute atomic E-state index is 0.0159. The molecule has 3 aliphatic rings. The number of halogens is 4. The monoisotopic (exact) mass is 812 g/mol. The zero-order valence-electron chi connectivity index (χ0n) is 31.1. The van der Waals surface area contributed by atoms with Gasteiger partial charge in [0.05, 0.1) is 34.2 Å². The fourth-order valence-electron chi connectivity index (χ4n) is 7.08. The summed E-state index contributed by atoms with van der Waals surface area (Å²) in [5, 5.41) is 23.1. The van der Waals surface area contributed by atoms with Gasteiger partial charge in [-0.15, -0.1) is 0 Å². The van der Waals surface area contributed by atoms with E-state index < -0.39 is 35.4 Å². The van der Waals surface area contributed by atoms with Gasteiger partial charge in [0.25, 0.3) is 11.8 Å². The van der Waals surface area contributed by atoms with E-state index in [4.69, 9.17) is 16.3 Å². The highest BCUT2D eigenvalue weighted by atomic mass is 35.5. The second-order valence-corrected chi connectivity index (χ2v) is 15.5. The molecular formula is C36H38ClF3N11O6-. The van der Waals surface area contributed by atoms with Crippen LogP contribution in [0, 0.1) is 17.0 Å². The summed E-state index contributed by atoms with van der Waals surface area (Å²) in [6.07, 6.45) is -1.30. The Labute approximate surface area is 328 Å². The lowest BCUT2D eigenvalue weighted by Crippen LogP contribution is -2.47. The first-order valence-corrected chi connectivity index (χ1v) is 18.3. The van der Waals surface area contributed by atoms with Crippen LogP contribution in [0.25, 0.3) is 17.1 Å². The molecule has 3 fully saturated rings. The normalized spacial score (nSPS) is 20.2. The van der Waals surface area contributed by atoms with E-state index in [-0.39, 0.29) is 74.8 Å². The molecule has 21 heteroatoms. The van der Waals surface area contributed by atoms with Crippen LogP contribution in [-0.2, 0) is 18.0 Å². The highest BCUT2D eigenvalue weighted by molar-refractivity contribution is 6.34. The van der Waals surface area contributed by atoms with Gasteiger partial charge in [0.1, 0.15) is 5.60 Å². The molecule has 0 spiro atoms. The van der Waals surface area contributed by atoms with Crippen molar-refractivity contribution in [3.8, 4) is 17.1 Å². The lowest BCUT2D eigenvalue weighted by molar-refractivity contribution is -0.140. The topological polar surface area (TPSA) is 204 Å². The van der Waals surface area contributed by atoms with Crippen LogP contribution in [-0.4, -0.2) is 102 Å². The number of imidazole rings is 1. The summed E-state index contributed by atoms with van der Waals surface area (Å²) in [7, 11) is 1.37. The number of amides is 5. The lowest BCUT2D eigenvalue weighted by Gasteiger charge is -2.25. The van der Waals surface area contributed by atoms with Crippen molar-refractivity contribution in [2.75, 3.05) is 37.0 Å². The van der Waals surface area contributed by atoms with Crippen LogP contribution < -0.4 is 21.4 Å². The molecule has 4 N–H and O–H groups in total. The molecule has 17 nitrogen and oxygen atoms in total. The van der Waals surface area contributed by atoms with Gasteiger partial charge >= 0.3 is 18.3 Å². The molecule has 0 bridgehead atoms. The summed E-state index contributed by atoms with van der Waals surface area (Å²) in [5.41, 5.74) is -0.157. The van der Waals surface area contributed by atoms with Gasteiger partial charge in [-0.25, -0.2) is 24.2 Å². The third-order valence-corrected chi connectivity index (χ3v) is 10.3. The van der Waals surface area contributed by atoms with Crippen LogP contribution in [0.3, 0.4) is 0 Å². The van der Waals surface area contributed by atoms with Crippen LogP contribution in [0.4, 0.5) is 34.1 Å². The van der Waals surface area contributed by atoms with Gasteiger partial charge in [-0.3, -0.25) is 9.59 Å². The lowest BCUT2D eigenvalue weighted by atomic mass is 10.2. The molecule has 302 valence electrons. The number of carbonyl (C=O) groups is 4.